The number of unbranched alkanes of at least 4 members (excludes halogenated alkanes) is 34. The van der Waals surface area contributed by atoms with Crippen molar-refractivity contribution in [3.8, 4) is 0 Å². The summed E-state index contributed by atoms with van der Waals surface area (Å²) in [6, 6.07) is 8.23. The van der Waals surface area contributed by atoms with Gasteiger partial charge in [0.25, 0.3) is 11.8 Å². The van der Waals surface area contributed by atoms with E-state index in [0.29, 0.717) is 24.2 Å². The molecular weight excluding hydrogens is 933 g/mol. The van der Waals surface area contributed by atoms with Gasteiger partial charge < -0.3 is 9.80 Å². The van der Waals surface area contributed by atoms with E-state index in [2.05, 4.69) is 57.8 Å². The molecule has 4 heterocycles. The molecule has 2 aliphatic rings. The van der Waals surface area contributed by atoms with E-state index >= 15 is 0 Å². The maximum Gasteiger partial charge on any atom is 0.261 e. The van der Waals surface area contributed by atoms with Crippen molar-refractivity contribution < 1.29 is 9.59 Å². The predicted octanol–water partition coefficient (Wildman–Crippen LogP) is 19.2. The molecule has 4 rings (SSSR count). The number of hydrogen-bond donors (Lipinski definition) is 0. The van der Waals surface area contributed by atoms with Crippen LogP contribution >= 0.6 is 54.5 Å². The number of nitrogens with zero attached hydrogens (tertiary/aromatic N) is 2. The fourth-order valence-corrected chi connectivity index (χ4v) is 12.5. The number of carbonyl (C=O) groups excluding carboxylic acids is 2. The summed E-state index contributed by atoms with van der Waals surface area (Å²) in [6.07, 6.45) is 48.2. The van der Waals surface area contributed by atoms with Gasteiger partial charge in [-0.25, -0.2) is 0 Å². The van der Waals surface area contributed by atoms with E-state index in [1.807, 2.05) is 21.9 Å². The largest absolute Gasteiger partial charge is 0.306 e. The molecule has 350 valence electrons. The molecular formula is C54H86Br2N2O2S2. The van der Waals surface area contributed by atoms with Crippen LogP contribution in [0.5, 0.6) is 0 Å². The van der Waals surface area contributed by atoms with Gasteiger partial charge in [-0.1, -0.05) is 232 Å². The van der Waals surface area contributed by atoms with Crippen LogP contribution in [-0.4, -0.2) is 34.7 Å². The van der Waals surface area contributed by atoms with Gasteiger partial charge in [0.15, 0.2) is 0 Å². The lowest BCUT2D eigenvalue weighted by Crippen LogP contribution is -2.30. The first-order chi connectivity index (χ1) is 30.5. The number of fused-ring (bicyclic) bond motifs is 1. The van der Waals surface area contributed by atoms with Crippen molar-refractivity contribution in [1.29, 1.82) is 0 Å². The smallest absolute Gasteiger partial charge is 0.261 e. The fourth-order valence-electron chi connectivity index (χ4n) is 9.56. The van der Waals surface area contributed by atoms with Gasteiger partial charge in [0.1, 0.15) is 0 Å². The summed E-state index contributed by atoms with van der Waals surface area (Å²) < 4.78 is 2.03. The summed E-state index contributed by atoms with van der Waals surface area (Å²) in [5.41, 5.74) is 2.89. The average Bonchev–Trinajstić information content (AvgIpc) is 4.03. The van der Waals surface area contributed by atoms with Gasteiger partial charge in [-0.3, -0.25) is 9.59 Å². The van der Waals surface area contributed by atoms with Crippen molar-refractivity contribution >= 4 is 77.7 Å². The number of halogens is 2. The minimum atomic E-state index is -0.000302. The van der Waals surface area contributed by atoms with Crippen molar-refractivity contribution in [2.75, 3.05) is 13.1 Å². The van der Waals surface area contributed by atoms with Gasteiger partial charge in [0.2, 0.25) is 0 Å². The monoisotopic (exact) mass is 1020 g/mol. The first-order valence-electron chi connectivity index (χ1n) is 26.1. The van der Waals surface area contributed by atoms with Crippen LogP contribution in [0.15, 0.2) is 43.0 Å². The van der Waals surface area contributed by atoms with Crippen molar-refractivity contribution in [1.82, 2.24) is 9.80 Å². The molecule has 2 aromatic rings. The van der Waals surface area contributed by atoms with E-state index in [9.17, 15) is 9.59 Å². The second-order valence-electron chi connectivity index (χ2n) is 18.6. The lowest BCUT2D eigenvalue weighted by Gasteiger charge is -2.24. The highest BCUT2D eigenvalue weighted by atomic mass is 79.9. The summed E-state index contributed by atoms with van der Waals surface area (Å²) in [6.45, 7) is 5.90. The summed E-state index contributed by atoms with van der Waals surface area (Å²) in [4.78, 5) is 35.0. The number of thiophene rings is 2. The number of amides is 2. The third-order valence-electron chi connectivity index (χ3n) is 13.3. The molecule has 0 fully saturated rings. The lowest BCUT2D eigenvalue weighted by atomic mass is 10.0. The third-order valence-corrected chi connectivity index (χ3v) is 16.5. The maximum atomic E-state index is 14.5. The van der Waals surface area contributed by atoms with E-state index in [1.165, 1.54) is 205 Å². The highest BCUT2D eigenvalue weighted by Crippen LogP contribution is 2.49. The highest BCUT2D eigenvalue weighted by Gasteiger charge is 2.49. The Morgan fingerprint density at radius 2 is 0.581 bits per heavy atom. The zero-order chi connectivity index (χ0) is 44.0. The van der Waals surface area contributed by atoms with Crippen LogP contribution in [0.3, 0.4) is 0 Å². The Morgan fingerprint density at radius 3 is 0.790 bits per heavy atom. The highest BCUT2D eigenvalue weighted by molar-refractivity contribution is 9.11. The number of rotatable bonds is 40. The minimum Gasteiger partial charge on any atom is -0.306 e. The minimum absolute atomic E-state index is 0.000302. The molecule has 4 nitrogen and oxygen atoms in total. The van der Waals surface area contributed by atoms with Gasteiger partial charge >= 0.3 is 0 Å². The Bertz CT molecular complexity index is 1480. The van der Waals surface area contributed by atoms with E-state index in [-0.39, 0.29) is 11.8 Å². The molecule has 2 amide bonds. The van der Waals surface area contributed by atoms with Crippen LogP contribution in [0.1, 0.15) is 255 Å². The van der Waals surface area contributed by atoms with E-state index in [1.54, 1.807) is 22.7 Å². The summed E-state index contributed by atoms with van der Waals surface area (Å²) in [5.74, 6) is -0.000605. The standard InChI is InChI=1S/C54H86Br2N2O2S2/c1-3-5-7-9-11-13-15-17-19-21-23-25-27-29-31-33-35-37-43-57-51(45-39-41-47(55)61-45)49-50(53(57)59)52(46-40-42-48(56)62-46)58(54(49)60)44-38-36-34-32-30-28-26-24-22-20-18-16-14-12-10-8-6-4-2/h39-42H,3-38,43-44H2,1-2H3. The predicted molar refractivity (Wildman–Crippen MR) is 279 cm³/mol. The van der Waals surface area contributed by atoms with Gasteiger partial charge in [-0.2, -0.15) is 0 Å². The zero-order valence-corrected chi connectivity index (χ0v) is 44.3. The van der Waals surface area contributed by atoms with Gasteiger partial charge in [-0.05, 0) is 69.0 Å². The van der Waals surface area contributed by atoms with Crippen molar-refractivity contribution in [3.63, 3.8) is 0 Å². The molecule has 0 saturated heterocycles. The average molecular weight is 1020 g/mol. The van der Waals surface area contributed by atoms with Crippen LogP contribution in [0.4, 0.5) is 0 Å². The maximum absolute atomic E-state index is 14.5. The molecule has 0 unspecified atom stereocenters. The molecule has 0 spiro atoms. The van der Waals surface area contributed by atoms with Crippen molar-refractivity contribution in [3.05, 3.63) is 52.7 Å². The fraction of sp³-hybridized carbons (Fsp3) is 0.741. The summed E-state index contributed by atoms with van der Waals surface area (Å²) in [7, 11) is 0. The topological polar surface area (TPSA) is 40.6 Å². The SMILES string of the molecule is CCCCCCCCCCCCCCCCCCCCN1C(=O)C2=C(c3ccc(Br)s3)N(CCCCCCCCCCCCCCCCCCCC)C(=O)C2=C1c1ccc(Br)s1. The van der Waals surface area contributed by atoms with Gasteiger partial charge in [0.05, 0.1) is 39.9 Å². The van der Waals surface area contributed by atoms with Gasteiger partial charge in [0, 0.05) is 13.1 Å². The van der Waals surface area contributed by atoms with E-state index < -0.39 is 0 Å². The molecule has 0 atom stereocenters. The number of carbonyl (C=O) groups is 2. The second kappa shape index (κ2) is 33.3. The van der Waals surface area contributed by atoms with E-state index in [0.717, 1.165) is 54.4 Å². The zero-order valence-electron chi connectivity index (χ0n) is 39.5. The molecule has 0 saturated carbocycles. The summed E-state index contributed by atoms with van der Waals surface area (Å²) >= 11 is 10.6. The Balaban J connectivity index is 1.17. The van der Waals surface area contributed by atoms with Crippen LogP contribution in [-0.2, 0) is 9.59 Å². The Hall–Kier alpha value is -1.22. The molecule has 0 radical (unpaired) electrons. The molecule has 0 aliphatic carbocycles. The Labute approximate surface area is 405 Å². The van der Waals surface area contributed by atoms with E-state index in [4.69, 9.17) is 0 Å². The second-order valence-corrected chi connectivity index (χ2v) is 23.5. The number of hydrogen-bond acceptors (Lipinski definition) is 4. The van der Waals surface area contributed by atoms with Crippen LogP contribution in [0.2, 0.25) is 0 Å². The van der Waals surface area contributed by atoms with Crippen LogP contribution in [0, 0.1) is 0 Å². The van der Waals surface area contributed by atoms with Crippen LogP contribution in [0.25, 0.3) is 11.4 Å². The molecule has 62 heavy (non-hydrogen) atoms. The molecule has 0 bridgehead atoms. The summed E-state index contributed by atoms with van der Waals surface area (Å²) in [5, 5.41) is 0. The first kappa shape index (κ1) is 53.4. The normalized spacial score (nSPS) is 14.2. The first-order valence-corrected chi connectivity index (χ1v) is 29.3. The molecule has 2 aromatic heterocycles. The quantitative estimate of drug-likeness (QED) is 0.0624. The molecule has 8 heteroatoms. The van der Waals surface area contributed by atoms with Crippen molar-refractivity contribution in [2.45, 2.75) is 245 Å². The third kappa shape index (κ3) is 19.3. The Kier molecular flexibility index (Phi) is 28.7. The molecule has 0 aromatic carbocycles. The van der Waals surface area contributed by atoms with Crippen LogP contribution < -0.4 is 0 Å². The van der Waals surface area contributed by atoms with Crippen molar-refractivity contribution in [2.24, 2.45) is 0 Å². The Morgan fingerprint density at radius 1 is 0.355 bits per heavy atom. The lowest BCUT2D eigenvalue weighted by molar-refractivity contribution is -0.124. The molecule has 2 aliphatic heterocycles. The molecule has 0 N–H and O–H groups in total. The van der Waals surface area contributed by atoms with Gasteiger partial charge in [-0.15, -0.1) is 22.7 Å².